The van der Waals surface area contributed by atoms with Crippen molar-refractivity contribution in [3.8, 4) is 0 Å². The fraction of sp³-hybridized carbons (Fsp3) is 0.933. The summed E-state index contributed by atoms with van der Waals surface area (Å²) >= 11 is 0. The molecule has 0 aromatic carbocycles. The molecule has 0 aliphatic heterocycles. The SMILES string of the molecule is CCC(CC)(CN)C(=O)N(CCO)C1CCCCC1. The molecule has 0 bridgehead atoms. The van der Waals surface area contributed by atoms with Gasteiger partial charge in [0.25, 0.3) is 0 Å². The molecule has 1 aliphatic carbocycles. The summed E-state index contributed by atoms with van der Waals surface area (Å²) in [7, 11) is 0. The van der Waals surface area contributed by atoms with Gasteiger partial charge in [-0.25, -0.2) is 0 Å². The van der Waals surface area contributed by atoms with Crippen molar-refractivity contribution in [1.82, 2.24) is 4.90 Å². The van der Waals surface area contributed by atoms with Crippen LogP contribution in [0.4, 0.5) is 0 Å². The second-order valence-corrected chi connectivity index (χ2v) is 5.71. The van der Waals surface area contributed by atoms with Crippen LogP contribution in [0.3, 0.4) is 0 Å². The second-order valence-electron chi connectivity index (χ2n) is 5.71. The monoisotopic (exact) mass is 270 g/mol. The van der Waals surface area contributed by atoms with Crippen molar-refractivity contribution in [2.45, 2.75) is 64.8 Å². The number of hydrogen-bond donors (Lipinski definition) is 2. The highest BCUT2D eigenvalue weighted by molar-refractivity contribution is 5.83. The predicted molar refractivity (Wildman–Crippen MR) is 77.7 cm³/mol. The van der Waals surface area contributed by atoms with Crippen LogP contribution in [-0.2, 0) is 4.79 Å². The number of nitrogens with zero attached hydrogens (tertiary/aromatic N) is 1. The zero-order chi connectivity index (χ0) is 14.3. The lowest BCUT2D eigenvalue weighted by atomic mass is 9.80. The van der Waals surface area contributed by atoms with Gasteiger partial charge in [0.05, 0.1) is 12.0 Å². The van der Waals surface area contributed by atoms with E-state index in [1.54, 1.807) is 0 Å². The molecule has 1 aliphatic rings. The van der Waals surface area contributed by atoms with Crippen LogP contribution < -0.4 is 5.73 Å². The van der Waals surface area contributed by atoms with Gasteiger partial charge in [0.15, 0.2) is 0 Å². The molecule has 0 aromatic rings. The van der Waals surface area contributed by atoms with E-state index in [9.17, 15) is 9.90 Å². The predicted octanol–water partition coefficient (Wildman–Crippen LogP) is 1.91. The van der Waals surface area contributed by atoms with Crippen LogP contribution in [0.15, 0.2) is 0 Å². The van der Waals surface area contributed by atoms with Crippen LogP contribution in [0, 0.1) is 5.41 Å². The van der Waals surface area contributed by atoms with E-state index in [1.807, 2.05) is 18.7 Å². The van der Waals surface area contributed by atoms with E-state index in [0.29, 0.717) is 19.1 Å². The smallest absolute Gasteiger partial charge is 0.230 e. The Balaban J connectivity index is 2.86. The lowest BCUT2D eigenvalue weighted by molar-refractivity contribution is -0.146. The summed E-state index contributed by atoms with van der Waals surface area (Å²) in [5.74, 6) is 0.154. The molecule has 1 fully saturated rings. The molecule has 0 atom stereocenters. The van der Waals surface area contributed by atoms with Crippen molar-refractivity contribution in [3.05, 3.63) is 0 Å². The molecule has 0 aromatic heterocycles. The first-order chi connectivity index (χ1) is 9.15. The summed E-state index contributed by atoms with van der Waals surface area (Å²) < 4.78 is 0. The van der Waals surface area contributed by atoms with E-state index < -0.39 is 5.41 Å². The van der Waals surface area contributed by atoms with Crippen LogP contribution in [0.5, 0.6) is 0 Å². The van der Waals surface area contributed by atoms with Crippen molar-refractivity contribution in [2.75, 3.05) is 19.7 Å². The Labute approximate surface area is 117 Å². The first-order valence-corrected chi connectivity index (χ1v) is 7.77. The average Bonchev–Trinajstić information content (AvgIpc) is 2.48. The molecular weight excluding hydrogens is 240 g/mol. The van der Waals surface area contributed by atoms with Gasteiger partial charge < -0.3 is 15.7 Å². The maximum atomic E-state index is 12.9. The highest BCUT2D eigenvalue weighted by Crippen LogP contribution is 2.31. The lowest BCUT2D eigenvalue weighted by Crippen LogP contribution is -2.52. The summed E-state index contributed by atoms with van der Waals surface area (Å²) in [4.78, 5) is 14.8. The third-order valence-corrected chi connectivity index (χ3v) is 4.82. The fourth-order valence-electron chi connectivity index (χ4n) is 3.18. The van der Waals surface area contributed by atoms with Crippen LogP contribution >= 0.6 is 0 Å². The van der Waals surface area contributed by atoms with Gasteiger partial charge in [-0.1, -0.05) is 33.1 Å². The van der Waals surface area contributed by atoms with Crippen LogP contribution in [-0.4, -0.2) is 41.7 Å². The van der Waals surface area contributed by atoms with Gasteiger partial charge in [-0.2, -0.15) is 0 Å². The third kappa shape index (κ3) is 3.69. The molecule has 0 saturated heterocycles. The van der Waals surface area contributed by atoms with Crippen LogP contribution in [0.25, 0.3) is 0 Å². The number of aliphatic hydroxyl groups excluding tert-OH is 1. The average molecular weight is 270 g/mol. The second kappa shape index (κ2) is 7.85. The van der Waals surface area contributed by atoms with Crippen LogP contribution in [0.1, 0.15) is 58.8 Å². The Hall–Kier alpha value is -0.610. The van der Waals surface area contributed by atoms with Gasteiger partial charge in [0, 0.05) is 19.1 Å². The van der Waals surface area contributed by atoms with E-state index in [-0.39, 0.29) is 12.5 Å². The highest BCUT2D eigenvalue weighted by atomic mass is 16.3. The standard InChI is InChI=1S/C15H30N2O2/c1-3-15(4-2,12-16)14(19)17(10-11-18)13-8-6-5-7-9-13/h13,18H,3-12,16H2,1-2H3. The number of rotatable bonds is 7. The molecule has 0 unspecified atom stereocenters. The molecule has 4 nitrogen and oxygen atoms in total. The van der Waals surface area contributed by atoms with Gasteiger partial charge in [0.1, 0.15) is 0 Å². The molecule has 0 radical (unpaired) electrons. The fourth-order valence-corrected chi connectivity index (χ4v) is 3.18. The Bertz CT molecular complexity index is 263. The molecule has 0 spiro atoms. The van der Waals surface area contributed by atoms with Crippen molar-refractivity contribution in [3.63, 3.8) is 0 Å². The first kappa shape index (κ1) is 16.4. The molecule has 1 rings (SSSR count). The molecule has 1 amide bonds. The Morgan fingerprint density at radius 1 is 1.26 bits per heavy atom. The molecule has 3 N–H and O–H groups in total. The van der Waals surface area contributed by atoms with Gasteiger partial charge in [-0.05, 0) is 25.7 Å². The quantitative estimate of drug-likeness (QED) is 0.742. The van der Waals surface area contributed by atoms with Crippen LogP contribution in [0.2, 0.25) is 0 Å². The Kier molecular flexibility index (Phi) is 6.80. The molecular formula is C15H30N2O2. The maximum Gasteiger partial charge on any atom is 0.230 e. The number of amides is 1. The van der Waals surface area contributed by atoms with Crippen molar-refractivity contribution >= 4 is 5.91 Å². The normalized spacial score (nSPS) is 17.5. The summed E-state index contributed by atoms with van der Waals surface area (Å²) in [6, 6.07) is 0.303. The zero-order valence-corrected chi connectivity index (χ0v) is 12.5. The summed E-state index contributed by atoms with van der Waals surface area (Å²) in [5, 5.41) is 9.27. The zero-order valence-electron chi connectivity index (χ0n) is 12.5. The minimum absolute atomic E-state index is 0.0380. The lowest BCUT2D eigenvalue weighted by Gasteiger charge is -2.40. The van der Waals surface area contributed by atoms with Crippen molar-refractivity contribution in [1.29, 1.82) is 0 Å². The van der Waals surface area contributed by atoms with E-state index in [2.05, 4.69) is 0 Å². The van der Waals surface area contributed by atoms with Gasteiger partial charge in [0.2, 0.25) is 5.91 Å². The van der Waals surface area contributed by atoms with E-state index >= 15 is 0 Å². The summed E-state index contributed by atoms with van der Waals surface area (Å²) in [5.41, 5.74) is 5.45. The van der Waals surface area contributed by atoms with Crippen molar-refractivity contribution in [2.24, 2.45) is 11.1 Å². The number of aliphatic hydroxyl groups is 1. The topological polar surface area (TPSA) is 66.6 Å². The minimum atomic E-state index is -0.438. The summed E-state index contributed by atoms with van der Waals surface area (Å²) in [6.45, 7) is 4.95. The molecule has 112 valence electrons. The summed E-state index contributed by atoms with van der Waals surface area (Å²) in [6.07, 6.45) is 7.32. The van der Waals surface area contributed by atoms with Gasteiger partial charge >= 0.3 is 0 Å². The van der Waals surface area contributed by atoms with Gasteiger partial charge in [-0.15, -0.1) is 0 Å². The minimum Gasteiger partial charge on any atom is -0.395 e. The van der Waals surface area contributed by atoms with E-state index in [1.165, 1.54) is 19.3 Å². The van der Waals surface area contributed by atoms with Gasteiger partial charge in [-0.3, -0.25) is 4.79 Å². The first-order valence-electron chi connectivity index (χ1n) is 7.77. The number of hydrogen-bond acceptors (Lipinski definition) is 3. The highest BCUT2D eigenvalue weighted by Gasteiger charge is 2.39. The number of carbonyl (C=O) groups excluding carboxylic acids is 1. The molecule has 4 heteroatoms. The van der Waals surface area contributed by atoms with E-state index in [4.69, 9.17) is 5.73 Å². The van der Waals surface area contributed by atoms with E-state index in [0.717, 1.165) is 25.7 Å². The Morgan fingerprint density at radius 3 is 2.26 bits per heavy atom. The largest absolute Gasteiger partial charge is 0.395 e. The number of carbonyl (C=O) groups is 1. The number of nitrogens with two attached hydrogens (primary N) is 1. The molecule has 19 heavy (non-hydrogen) atoms. The Morgan fingerprint density at radius 2 is 1.84 bits per heavy atom. The molecule has 0 heterocycles. The van der Waals surface area contributed by atoms with Crippen molar-refractivity contribution < 1.29 is 9.90 Å². The maximum absolute atomic E-state index is 12.9. The third-order valence-electron chi connectivity index (χ3n) is 4.82. The molecule has 1 saturated carbocycles.